The molecule has 1 atom stereocenters. The zero-order valence-corrected chi connectivity index (χ0v) is 12.2. The average molecular weight is 271 g/mol. The number of methoxy groups -OCH3 is 1. The summed E-state index contributed by atoms with van der Waals surface area (Å²) < 4.78 is 11.3. The normalized spacial score (nSPS) is 11.9. The maximum absolute atomic E-state index is 5.84. The second kappa shape index (κ2) is 6.96. The highest BCUT2D eigenvalue weighted by Crippen LogP contribution is 2.30. The molecule has 0 aliphatic carbocycles. The fraction of sp³-hybridized carbons (Fsp3) is 0.294. The first-order valence-electron chi connectivity index (χ1n) is 6.76. The van der Waals surface area contributed by atoms with Crippen LogP contribution in [0.4, 0.5) is 0 Å². The minimum absolute atomic E-state index is 0.284. The number of rotatable bonds is 6. The van der Waals surface area contributed by atoms with E-state index < -0.39 is 0 Å². The number of benzene rings is 2. The SMILES string of the molecule is CNC(C)c1ccc(OCc2ccccc2)c(OC)c1. The summed E-state index contributed by atoms with van der Waals surface area (Å²) >= 11 is 0. The first-order chi connectivity index (χ1) is 9.74. The Balaban J connectivity index is 2.11. The van der Waals surface area contributed by atoms with E-state index in [0.29, 0.717) is 6.61 Å². The van der Waals surface area contributed by atoms with Crippen LogP contribution in [0.15, 0.2) is 48.5 Å². The van der Waals surface area contributed by atoms with Gasteiger partial charge < -0.3 is 14.8 Å². The van der Waals surface area contributed by atoms with Gasteiger partial charge in [0.2, 0.25) is 0 Å². The molecule has 1 N–H and O–H groups in total. The summed E-state index contributed by atoms with van der Waals surface area (Å²) in [5.41, 5.74) is 2.32. The van der Waals surface area contributed by atoms with Crippen LogP contribution in [-0.4, -0.2) is 14.2 Å². The van der Waals surface area contributed by atoms with Gasteiger partial charge in [0, 0.05) is 6.04 Å². The molecule has 0 fully saturated rings. The molecule has 3 nitrogen and oxygen atoms in total. The lowest BCUT2D eigenvalue weighted by atomic mass is 10.1. The molecule has 0 bridgehead atoms. The molecule has 20 heavy (non-hydrogen) atoms. The van der Waals surface area contributed by atoms with Gasteiger partial charge in [0.1, 0.15) is 6.61 Å². The second-order valence-corrected chi connectivity index (χ2v) is 4.69. The molecule has 2 rings (SSSR count). The Morgan fingerprint density at radius 3 is 2.45 bits per heavy atom. The van der Waals surface area contributed by atoms with Crippen molar-refractivity contribution in [3.8, 4) is 11.5 Å². The van der Waals surface area contributed by atoms with E-state index in [1.165, 1.54) is 5.56 Å². The standard InChI is InChI=1S/C17H21NO2/c1-13(18-2)15-9-10-16(17(11-15)19-3)20-12-14-7-5-4-6-8-14/h4-11,13,18H,12H2,1-3H3. The first kappa shape index (κ1) is 14.4. The first-order valence-corrected chi connectivity index (χ1v) is 6.76. The van der Waals surface area contributed by atoms with Gasteiger partial charge in [-0.15, -0.1) is 0 Å². The zero-order chi connectivity index (χ0) is 14.4. The molecular formula is C17H21NO2. The molecule has 0 spiro atoms. The van der Waals surface area contributed by atoms with Crippen LogP contribution in [0.25, 0.3) is 0 Å². The van der Waals surface area contributed by atoms with Gasteiger partial charge in [0.05, 0.1) is 7.11 Å². The van der Waals surface area contributed by atoms with Gasteiger partial charge >= 0.3 is 0 Å². The van der Waals surface area contributed by atoms with E-state index in [4.69, 9.17) is 9.47 Å². The van der Waals surface area contributed by atoms with Crippen molar-refractivity contribution < 1.29 is 9.47 Å². The monoisotopic (exact) mass is 271 g/mol. The molecule has 0 saturated heterocycles. The van der Waals surface area contributed by atoms with Crippen LogP contribution >= 0.6 is 0 Å². The van der Waals surface area contributed by atoms with Crippen molar-refractivity contribution in [2.45, 2.75) is 19.6 Å². The highest BCUT2D eigenvalue weighted by Gasteiger charge is 2.09. The van der Waals surface area contributed by atoms with Crippen molar-refractivity contribution >= 4 is 0 Å². The van der Waals surface area contributed by atoms with Gasteiger partial charge in [-0.2, -0.15) is 0 Å². The molecule has 1 unspecified atom stereocenters. The molecule has 0 amide bonds. The van der Waals surface area contributed by atoms with Gasteiger partial charge in [0.15, 0.2) is 11.5 Å². The second-order valence-electron chi connectivity index (χ2n) is 4.69. The van der Waals surface area contributed by atoms with Crippen LogP contribution in [0.3, 0.4) is 0 Å². The Kier molecular flexibility index (Phi) is 5.02. The summed E-state index contributed by atoms with van der Waals surface area (Å²) in [6.45, 7) is 2.65. The summed E-state index contributed by atoms with van der Waals surface area (Å²) in [4.78, 5) is 0. The summed E-state index contributed by atoms with van der Waals surface area (Å²) in [6.07, 6.45) is 0. The van der Waals surface area contributed by atoms with E-state index in [0.717, 1.165) is 17.1 Å². The van der Waals surface area contributed by atoms with Crippen molar-refractivity contribution in [1.82, 2.24) is 5.32 Å². The van der Waals surface area contributed by atoms with Gasteiger partial charge in [-0.05, 0) is 37.2 Å². The summed E-state index contributed by atoms with van der Waals surface area (Å²) in [5, 5.41) is 3.21. The highest BCUT2D eigenvalue weighted by atomic mass is 16.5. The van der Waals surface area contributed by atoms with E-state index in [-0.39, 0.29) is 6.04 Å². The van der Waals surface area contributed by atoms with Crippen LogP contribution < -0.4 is 14.8 Å². The maximum atomic E-state index is 5.84. The number of hydrogen-bond donors (Lipinski definition) is 1. The summed E-state index contributed by atoms with van der Waals surface area (Å²) in [7, 11) is 3.61. The van der Waals surface area contributed by atoms with E-state index in [2.05, 4.69) is 18.3 Å². The van der Waals surface area contributed by atoms with Gasteiger partial charge in [0.25, 0.3) is 0 Å². The Hall–Kier alpha value is -2.00. The summed E-state index contributed by atoms with van der Waals surface area (Å²) in [5.74, 6) is 1.53. The number of ether oxygens (including phenoxy) is 2. The Morgan fingerprint density at radius 2 is 1.80 bits per heavy atom. The molecule has 2 aromatic rings. The third-order valence-corrected chi connectivity index (χ3v) is 3.36. The van der Waals surface area contributed by atoms with Crippen LogP contribution in [0, 0.1) is 0 Å². The molecule has 0 radical (unpaired) electrons. The lowest BCUT2D eigenvalue weighted by Crippen LogP contribution is -2.12. The highest BCUT2D eigenvalue weighted by molar-refractivity contribution is 5.43. The third-order valence-electron chi connectivity index (χ3n) is 3.36. The predicted molar refractivity (Wildman–Crippen MR) is 81.2 cm³/mol. The van der Waals surface area contributed by atoms with Crippen LogP contribution in [0.2, 0.25) is 0 Å². The van der Waals surface area contributed by atoms with Gasteiger partial charge in [-0.3, -0.25) is 0 Å². The van der Waals surface area contributed by atoms with Crippen LogP contribution in [-0.2, 0) is 6.61 Å². The average Bonchev–Trinajstić information content (AvgIpc) is 2.53. The molecule has 0 aliphatic rings. The minimum Gasteiger partial charge on any atom is -0.493 e. The predicted octanol–water partition coefficient (Wildman–Crippen LogP) is 3.55. The maximum Gasteiger partial charge on any atom is 0.161 e. The lowest BCUT2D eigenvalue weighted by Gasteiger charge is -2.15. The smallest absolute Gasteiger partial charge is 0.161 e. The third kappa shape index (κ3) is 3.52. The molecule has 106 valence electrons. The number of hydrogen-bond acceptors (Lipinski definition) is 3. The van der Waals surface area contributed by atoms with Gasteiger partial charge in [-0.1, -0.05) is 36.4 Å². The molecule has 0 aliphatic heterocycles. The Bertz CT molecular complexity index is 540. The Morgan fingerprint density at radius 1 is 1.05 bits per heavy atom. The Labute approximate surface area is 120 Å². The van der Waals surface area contributed by atoms with E-state index >= 15 is 0 Å². The van der Waals surface area contributed by atoms with Gasteiger partial charge in [-0.25, -0.2) is 0 Å². The van der Waals surface area contributed by atoms with E-state index in [1.807, 2.05) is 49.5 Å². The molecule has 0 saturated carbocycles. The largest absolute Gasteiger partial charge is 0.493 e. The van der Waals surface area contributed by atoms with Crippen LogP contribution in [0.1, 0.15) is 24.1 Å². The van der Waals surface area contributed by atoms with E-state index in [1.54, 1.807) is 7.11 Å². The van der Waals surface area contributed by atoms with Crippen molar-refractivity contribution in [3.05, 3.63) is 59.7 Å². The molecule has 2 aromatic carbocycles. The fourth-order valence-electron chi connectivity index (χ4n) is 1.97. The number of nitrogens with one attached hydrogen (secondary N) is 1. The molecule has 0 aromatic heterocycles. The lowest BCUT2D eigenvalue weighted by molar-refractivity contribution is 0.284. The fourth-order valence-corrected chi connectivity index (χ4v) is 1.97. The van der Waals surface area contributed by atoms with Crippen molar-refractivity contribution in [3.63, 3.8) is 0 Å². The molecular weight excluding hydrogens is 250 g/mol. The summed E-state index contributed by atoms with van der Waals surface area (Å²) in [6, 6.07) is 16.4. The minimum atomic E-state index is 0.284. The van der Waals surface area contributed by atoms with Crippen molar-refractivity contribution in [2.75, 3.05) is 14.2 Å². The van der Waals surface area contributed by atoms with Crippen LogP contribution in [0.5, 0.6) is 11.5 Å². The van der Waals surface area contributed by atoms with Crippen molar-refractivity contribution in [2.24, 2.45) is 0 Å². The quantitative estimate of drug-likeness (QED) is 0.871. The molecule has 3 heteroatoms. The van der Waals surface area contributed by atoms with E-state index in [9.17, 15) is 0 Å². The zero-order valence-electron chi connectivity index (χ0n) is 12.2. The molecule has 0 heterocycles. The van der Waals surface area contributed by atoms with Crippen molar-refractivity contribution in [1.29, 1.82) is 0 Å². The topological polar surface area (TPSA) is 30.5 Å².